The standard InChI is InChI=1S/C19H17ClN2O2/c1-2-13-6-8-14(9-7-13)11-21-19(23)17-18(24-12-22-17)15-4-3-5-16(20)10-15/h3-10,12H,2,11H2,1H3,(H,21,23). The van der Waals surface area contributed by atoms with Gasteiger partial charge >= 0.3 is 0 Å². The van der Waals surface area contributed by atoms with Crippen molar-refractivity contribution in [1.29, 1.82) is 0 Å². The summed E-state index contributed by atoms with van der Waals surface area (Å²) in [5.74, 6) is 0.134. The number of nitrogens with one attached hydrogen (secondary N) is 1. The molecule has 4 nitrogen and oxygen atoms in total. The van der Waals surface area contributed by atoms with Gasteiger partial charge in [-0.2, -0.15) is 0 Å². The van der Waals surface area contributed by atoms with E-state index < -0.39 is 0 Å². The molecule has 0 bridgehead atoms. The molecule has 1 aromatic heterocycles. The predicted octanol–water partition coefficient (Wildman–Crippen LogP) is 4.49. The number of aryl methyl sites for hydroxylation is 1. The molecule has 0 aliphatic heterocycles. The highest BCUT2D eigenvalue weighted by atomic mass is 35.5. The minimum absolute atomic E-state index is 0.252. The molecule has 3 rings (SSSR count). The molecule has 5 heteroatoms. The fraction of sp³-hybridized carbons (Fsp3) is 0.158. The maximum atomic E-state index is 12.4. The fourth-order valence-corrected chi connectivity index (χ4v) is 2.59. The number of nitrogens with zero attached hydrogens (tertiary/aromatic N) is 1. The Labute approximate surface area is 145 Å². The van der Waals surface area contributed by atoms with Gasteiger partial charge in [-0.25, -0.2) is 4.98 Å². The molecule has 24 heavy (non-hydrogen) atoms. The van der Waals surface area contributed by atoms with Gasteiger partial charge in [-0.05, 0) is 29.7 Å². The van der Waals surface area contributed by atoms with Crippen molar-refractivity contribution in [2.75, 3.05) is 0 Å². The van der Waals surface area contributed by atoms with E-state index >= 15 is 0 Å². The van der Waals surface area contributed by atoms with Crippen LogP contribution in [0.15, 0.2) is 59.3 Å². The first-order valence-electron chi connectivity index (χ1n) is 7.73. The Hall–Kier alpha value is -2.59. The molecule has 0 spiro atoms. The highest BCUT2D eigenvalue weighted by Crippen LogP contribution is 2.25. The lowest BCUT2D eigenvalue weighted by Crippen LogP contribution is -2.23. The normalized spacial score (nSPS) is 10.6. The largest absolute Gasteiger partial charge is 0.443 e. The van der Waals surface area contributed by atoms with Crippen molar-refractivity contribution in [2.45, 2.75) is 19.9 Å². The van der Waals surface area contributed by atoms with Crippen molar-refractivity contribution < 1.29 is 9.21 Å². The summed E-state index contributed by atoms with van der Waals surface area (Å²) in [4.78, 5) is 16.5. The summed E-state index contributed by atoms with van der Waals surface area (Å²) in [5.41, 5.74) is 3.28. The van der Waals surface area contributed by atoms with E-state index in [2.05, 4.69) is 29.4 Å². The van der Waals surface area contributed by atoms with Crippen LogP contribution in [0.25, 0.3) is 11.3 Å². The number of benzene rings is 2. The Morgan fingerprint density at radius 2 is 1.92 bits per heavy atom. The van der Waals surface area contributed by atoms with Gasteiger partial charge in [-0.15, -0.1) is 0 Å². The highest BCUT2D eigenvalue weighted by Gasteiger charge is 2.18. The minimum atomic E-state index is -0.279. The Morgan fingerprint density at radius 3 is 2.62 bits per heavy atom. The topological polar surface area (TPSA) is 55.1 Å². The number of hydrogen-bond donors (Lipinski definition) is 1. The van der Waals surface area contributed by atoms with Gasteiger partial charge < -0.3 is 9.73 Å². The zero-order valence-corrected chi connectivity index (χ0v) is 14.0. The zero-order valence-electron chi connectivity index (χ0n) is 13.3. The van der Waals surface area contributed by atoms with Gasteiger partial charge in [0.15, 0.2) is 17.8 Å². The second kappa shape index (κ2) is 7.32. The van der Waals surface area contributed by atoms with Gasteiger partial charge in [0, 0.05) is 17.1 Å². The van der Waals surface area contributed by atoms with Crippen molar-refractivity contribution in [3.8, 4) is 11.3 Å². The van der Waals surface area contributed by atoms with Crippen LogP contribution < -0.4 is 5.32 Å². The van der Waals surface area contributed by atoms with E-state index in [0.29, 0.717) is 17.3 Å². The van der Waals surface area contributed by atoms with E-state index in [1.165, 1.54) is 12.0 Å². The molecule has 0 fully saturated rings. The molecule has 0 aliphatic carbocycles. The van der Waals surface area contributed by atoms with Crippen LogP contribution in [0.2, 0.25) is 5.02 Å². The summed E-state index contributed by atoms with van der Waals surface area (Å²) < 4.78 is 5.38. The van der Waals surface area contributed by atoms with E-state index in [9.17, 15) is 4.79 Å². The van der Waals surface area contributed by atoms with Crippen LogP contribution in [0.1, 0.15) is 28.5 Å². The molecule has 1 heterocycles. The van der Waals surface area contributed by atoms with E-state index in [0.717, 1.165) is 17.5 Å². The van der Waals surface area contributed by atoms with Crippen LogP contribution in [-0.4, -0.2) is 10.9 Å². The predicted molar refractivity (Wildman–Crippen MR) is 93.9 cm³/mol. The molecule has 3 aromatic rings. The second-order valence-corrected chi connectivity index (χ2v) is 5.83. The summed E-state index contributed by atoms with van der Waals surface area (Å²) >= 11 is 6.00. The number of carbonyl (C=O) groups excluding carboxylic acids is 1. The Balaban J connectivity index is 1.73. The third-order valence-electron chi connectivity index (χ3n) is 3.75. The third-order valence-corrected chi connectivity index (χ3v) is 3.99. The van der Waals surface area contributed by atoms with E-state index in [1.54, 1.807) is 18.2 Å². The number of oxazole rings is 1. The average molecular weight is 341 g/mol. The number of halogens is 1. The molecule has 0 radical (unpaired) electrons. The Morgan fingerprint density at radius 1 is 1.17 bits per heavy atom. The summed E-state index contributed by atoms with van der Waals surface area (Å²) in [7, 11) is 0. The quantitative estimate of drug-likeness (QED) is 0.744. The molecule has 1 amide bonds. The monoisotopic (exact) mass is 340 g/mol. The number of hydrogen-bond acceptors (Lipinski definition) is 3. The lowest BCUT2D eigenvalue weighted by atomic mass is 10.1. The number of aromatic nitrogens is 1. The van der Waals surface area contributed by atoms with Gasteiger partial charge in [-0.1, -0.05) is 54.9 Å². The van der Waals surface area contributed by atoms with Crippen LogP contribution in [0.5, 0.6) is 0 Å². The smallest absolute Gasteiger partial charge is 0.274 e. The van der Waals surface area contributed by atoms with Crippen molar-refractivity contribution >= 4 is 17.5 Å². The molecule has 0 saturated heterocycles. The summed E-state index contributed by atoms with van der Waals surface area (Å²) in [6.45, 7) is 2.55. The summed E-state index contributed by atoms with van der Waals surface area (Å²) in [5, 5.41) is 3.44. The number of amides is 1. The van der Waals surface area contributed by atoms with Gasteiger partial charge in [-0.3, -0.25) is 4.79 Å². The number of carbonyl (C=O) groups is 1. The molecule has 1 N–H and O–H groups in total. The number of rotatable bonds is 5. The first kappa shape index (κ1) is 16.3. The molecular weight excluding hydrogens is 324 g/mol. The second-order valence-electron chi connectivity index (χ2n) is 5.39. The molecule has 0 atom stereocenters. The lowest BCUT2D eigenvalue weighted by Gasteiger charge is -2.06. The fourth-order valence-electron chi connectivity index (χ4n) is 2.40. The summed E-state index contributed by atoms with van der Waals surface area (Å²) in [6, 6.07) is 15.3. The van der Waals surface area contributed by atoms with Gasteiger partial charge in [0.1, 0.15) is 0 Å². The van der Waals surface area contributed by atoms with Crippen LogP contribution in [-0.2, 0) is 13.0 Å². The van der Waals surface area contributed by atoms with Gasteiger partial charge in [0.2, 0.25) is 0 Å². The molecule has 122 valence electrons. The van der Waals surface area contributed by atoms with Crippen molar-refractivity contribution in [1.82, 2.24) is 10.3 Å². The van der Waals surface area contributed by atoms with E-state index in [-0.39, 0.29) is 11.6 Å². The highest BCUT2D eigenvalue weighted by molar-refractivity contribution is 6.30. The maximum Gasteiger partial charge on any atom is 0.274 e. The van der Waals surface area contributed by atoms with E-state index in [4.69, 9.17) is 16.0 Å². The lowest BCUT2D eigenvalue weighted by molar-refractivity contribution is 0.0947. The first-order valence-corrected chi connectivity index (χ1v) is 8.10. The first-order chi connectivity index (χ1) is 11.7. The Kier molecular flexibility index (Phi) is 4.96. The van der Waals surface area contributed by atoms with Gasteiger partial charge in [0.05, 0.1) is 0 Å². The van der Waals surface area contributed by atoms with Gasteiger partial charge in [0.25, 0.3) is 5.91 Å². The maximum absolute atomic E-state index is 12.4. The van der Waals surface area contributed by atoms with Crippen LogP contribution >= 0.6 is 11.6 Å². The van der Waals surface area contributed by atoms with Crippen molar-refractivity contribution in [3.63, 3.8) is 0 Å². The molecular formula is C19H17ClN2O2. The molecule has 0 unspecified atom stereocenters. The van der Waals surface area contributed by atoms with Crippen LogP contribution in [0.3, 0.4) is 0 Å². The average Bonchev–Trinajstić information content (AvgIpc) is 3.10. The third kappa shape index (κ3) is 3.66. The summed E-state index contributed by atoms with van der Waals surface area (Å²) in [6.07, 6.45) is 2.26. The zero-order chi connectivity index (χ0) is 16.9. The Bertz CT molecular complexity index is 841. The molecule has 2 aromatic carbocycles. The van der Waals surface area contributed by atoms with E-state index in [1.807, 2.05) is 18.2 Å². The molecule has 0 aliphatic rings. The van der Waals surface area contributed by atoms with Crippen molar-refractivity contribution in [2.24, 2.45) is 0 Å². The minimum Gasteiger partial charge on any atom is -0.443 e. The van der Waals surface area contributed by atoms with Crippen LogP contribution in [0.4, 0.5) is 0 Å². The van der Waals surface area contributed by atoms with Crippen LogP contribution in [0, 0.1) is 0 Å². The SMILES string of the molecule is CCc1ccc(CNC(=O)c2ncoc2-c2cccc(Cl)c2)cc1. The molecule has 0 saturated carbocycles. The van der Waals surface area contributed by atoms with Crippen molar-refractivity contribution in [3.05, 3.63) is 76.8 Å².